The van der Waals surface area contributed by atoms with E-state index in [1.165, 1.54) is 11.1 Å². The fourth-order valence-electron chi connectivity index (χ4n) is 1.75. The standard InChI is InChI=1S/C12H16N3/c1-4-15-9-14(3)13-12(15)11-8-6-5-7-10(11)2/h5-9H,4H2,1-3H3/q+1. The van der Waals surface area contributed by atoms with Gasteiger partial charge in [-0.1, -0.05) is 18.2 Å². The molecule has 0 atom stereocenters. The maximum atomic E-state index is 4.49. The van der Waals surface area contributed by atoms with Crippen molar-refractivity contribution >= 4 is 0 Å². The Morgan fingerprint density at radius 2 is 2.07 bits per heavy atom. The summed E-state index contributed by atoms with van der Waals surface area (Å²) in [6.45, 7) is 5.19. The zero-order valence-electron chi connectivity index (χ0n) is 9.44. The quantitative estimate of drug-likeness (QED) is 0.679. The molecule has 3 heteroatoms. The lowest BCUT2D eigenvalue weighted by Crippen LogP contribution is -2.32. The molecule has 2 rings (SSSR count). The molecule has 1 aromatic heterocycles. The molecule has 78 valence electrons. The van der Waals surface area contributed by atoms with E-state index < -0.39 is 0 Å². The highest BCUT2D eigenvalue weighted by atomic mass is 15.4. The van der Waals surface area contributed by atoms with Crippen molar-refractivity contribution in [1.82, 2.24) is 9.78 Å². The highest BCUT2D eigenvalue weighted by Gasteiger charge is 2.17. The SMILES string of the molecule is CC[n+]1cn(C)nc1-c1ccccc1C. The number of hydrogen-bond donors (Lipinski definition) is 0. The predicted octanol–water partition coefficient (Wildman–Crippen LogP) is 1.70. The molecule has 0 aliphatic carbocycles. The van der Waals surface area contributed by atoms with Gasteiger partial charge in [0.2, 0.25) is 6.33 Å². The second kappa shape index (κ2) is 3.85. The summed E-state index contributed by atoms with van der Waals surface area (Å²) in [5, 5.41) is 4.49. The number of aromatic nitrogens is 3. The Balaban J connectivity index is 2.58. The Hall–Kier alpha value is -1.64. The Morgan fingerprint density at radius 1 is 1.33 bits per heavy atom. The van der Waals surface area contributed by atoms with Gasteiger partial charge in [0, 0.05) is 5.10 Å². The first-order valence-corrected chi connectivity index (χ1v) is 5.21. The fraction of sp³-hybridized carbons (Fsp3) is 0.333. The number of rotatable bonds is 2. The largest absolute Gasteiger partial charge is 0.309 e. The van der Waals surface area contributed by atoms with Gasteiger partial charge in [0.1, 0.15) is 0 Å². The maximum absolute atomic E-state index is 4.49. The van der Waals surface area contributed by atoms with Crippen molar-refractivity contribution in [3.05, 3.63) is 36.2 Å². The lowest BCUT2D eigenvalue weighted by molar-refractivity contribution is -0.683. The van der Waals surface area contributed by atoms with Gasteiger partial charge in [0.25, 0.3) is 0 Å². The van der Waals surface area contributed by atoms with Gasteiger partial charge in [-0.25, -0.2) is 4.57 Å². The van der Waals surface area contributed by atoms with Crippen LogP contribution in [0.4, 0.5) is 0 Å². The fourth-order valence-corrected chi connectivity index (χ4v) is 1.75. The number of benzene rings is 1. The van der Waals surface area contributed by atoms with Crippen LogP contribution in [0.5, 0.6) is 0 Å². The summed E-state index contributed by atoms with van der Waals surface area (Å²) in [5.41, 5.74) is 2.47. The molecule has 15 heavy (non-hydrogen) atoms. The van der Waals surface area contributed by atoms with Gasteiger partial charge in [-0.3, -0.25) is 0 Å². The van der Waals surface area contributed by atoms with Crippen molar-refractivity contribution in [2.45, 2.75) is 20.4 Å². The molecular formula is C12H16N3+. The summed E-state index contributed by atoms with van der Waals surface area (Å²) < 4.78 is 4.01. The lowest BCUT2D eigenvalue weighted by atomic mass is 10.1. The normalized spacial score (nSPS) is 10.6. The summed E-state index contributed by atoms with van der Waals surface area (Å²) in [6, 6.07) is 8.34. The molecule has 0 unspecified atom stereocenters. The molecule has 0 spiro atoms. The van der Waals surface area contributed by atoms with Crippen molar-refractivity contribution in [2.24, 2.45) is 7.05 Å². The van der Waals surface area contributed by atoms with E-state index in [1.54, 1.807) is 0 Å². The van der Waals surface area contributed by atoms with Gasteiger partial charge < -0.3 is 0 Å². The van der Waals surface area contributed by atoms with E-state index in [0.29, 0.717) is 0 Å². The predicted molar refractivity (Wildman–Crippen MR) is 59.3 cm³/mol. The second-order valence-corrected chi connectivity index (χ2v) is 3.71. The van der Waals surface area contributed by atoms with Crippen LogP contribution in [0.1, 0.15) is 12.5 Å². The molecule has 0 aliphatic heterocycles. The van der Waals surface area contributed by atoms with Crippen LogP contribution < -0.4 is 4.57 Å². The summed E-state index contributed by atoms with van der Waals surface area (Å²) in [4.78, 5) is 0. The van der Waals surface area contributed by atoms with Crippen molar-refractivity contribution in [3.63, 3.8) is 0 Å². The highest BCUT2D eigenvalue weighted by Crippen LogP contribution is 2.17. The molecular weight excluding hydrogens is 186 g/mol. The Labute approximate surface area is 90.0 Å². The van der Waals surface area contributed by atoms with E-state index in [1.807, 2.05) is 18.1 Å². The van der Waals surface area contributed by atoms with Crippen molar-refractivity contribution in [2.75, 3.05) is 0 Å². The van der Waals surface area contributed by atoms with Gasteiger partial charge >= 0.3 is 5.82 Å². The Kier molecular flexibility index (Phi) is 2.54. The molecule has 1 heterocycles. The number of nitrogens with zero attached hydrogens (tertiary/aromatic N) is 3. The molecule has 0 bridgehead atoms. The van der Waals surface area contributed by atoms with E-state index in [9.17, 15) is 0 Å². The average molecular weight is 202 g/mol. The zero-order valence-corrected chi connectivity index (χ0v) is 9.44. The van der Waals surface area contributed by atoms with Crippen LogP contribution in [0, 0.1) is 6.92 Å². The van der Waals surface area contributed by atoms with Gasteiger partial charge in [0.15, 0.2) is 0 Å². The van der Waals surface area contributed by atoms with E-state index >= 15 is 0 Å². The summed E-state index contributed by atoms with van der Waals surface area (Å²) in [5.74, 6) is 1.04. The first-order valence-electron chi connectivity index (χ1n) is 5.21. The molecule has 0 fully saturated rings. The second-order valence-electron chi connectivity index (χ2n) is 3.71. The minimum atomic E-state index is 0.942. The van der Waals surface area contributed by atoms with Crippen LogP contribution in [0.2, 0.25) is 0 Å². The number of aryl methyl sites for hydroxylation is 3. The average Bonchev–Trinajstić information content (AvgIpc) is 2.60. The van der Waals surface area contributed by atoms with E-state index in [0.717, 1.165) is 12.4 Å². The van der Waals surface area contributed by atoms with Gasteiger partial charge in [-0.05, 0) is 25.5 Å². The van der Waals surface area contributed by atoms with Crippen LogP contribution in [0.3, 0.4) is 0 Å². The summed E-state index contributed by atoms with van der Waals surface area (Å²) >= 11 is 0. The number of hydrogen-bond acceptors (Lipinski definition) is 1. The van der Waals surface area contributed by atoms with Crippen LogP contribution in [0.15, 0.2) is 30.6 Å². The molecule has 0 saturated carbocycles. The van der Waals surface area contributed by atoms with Crippen LogP contribution in [-0.4, -0.2) is 9.78 Å². The third-order valence-electron chi connectivity index (χ3n) is 2.56. The topological polar surface area (TPSA) is 21.7 Å². The summed E-state index contributed by atoms with van der Waals surface area (Å²) in [6.07, 6.45) is 2.02. The third kappa shape index (κ3) is 1.77. The van der Waals surface area contributed by atoms with E-state index in [4.69, 9.17) is 0 Å². The van der Waals surface area contributed by atoms with E-state index in [2.05, 4.69) is 47.8 Å². The van der Waals surface area contributed by atoms with Crippen LogP contribution >= 0.6 is 0 Å². The Morgan fingerprint density at radius 3 is 2.73 bits per heavy atom. The monoisotopic (exact) mass is 202 g/mol. The minimum Gasteiger partial charge on any atom is -0.231 e. The first kappa shape index (κ1) is 9.90. The zero-order chi connectivity index (χ0) is 10.8. The van der Waals surface area contributed by atoms with Gasteiger partial charge in [-0.15, -0.1) is 4.68 Å². The molecule has 2 aromatic rings. The van der Waals surface area contributed by atoms with Crippen molar-refractivity contribution < 1.29 is 4.57 Å². The summed E-state index contributed by atoms with van der Waals surface area (Å²) in [7, 11) is 1.95. The molecule has 0 saturated heterocycles. The first-order chi connectivity index (χ1) is 7.22. The van der Waals surface area contributed by atoms with Crippen LogP contribution in [0.25, 0.3) is 11.4 Å². The molecule has 0 radical (unpaired) electrons. The van der Waals surface area contributed by atoms with Crippen molar-refractivity contribution in [1.29, 1.82) is 0 Å². The Bertz CT molecular complexity index is 471. The third-order valence-corrected chi connectivity index (χ3v) is 2.56. The highest BCUT2D eigenvalue weighted by molar-refractivity contribution is 5.56. The van der Waals surface area contributed by atoms with Gasteiger partial charge in [0.05, 0.1) is 19.2 Å². The molecule has 0 amide bonds. The van der Waals surface area contributed by atoms with Gasteiger partial charge in [-0.2, -0.15) is 0 Å². The molecule has 1 aromatic carbocycles. The molecule has 0 aliphatic rings. The molecule has 0 N–H and O–H groups in total. The lowest BCUT2D eigenvalue weighted by Gasteiger charge is -1.99. The van der Waals surface area contributed by atoms with Crippen LogP contribution in [-0.2, 0) is 13.6 Å². The molecule has 3 nitrogen and oxygen atoms in total. The maximum Gasteiger partial charge on any atom is 0.309 e. The minimum absolute atomic E-state index is 0.942. The smallest absolute Gasteiger partial charge is 0.231 e. The van der Waals surface area contributed by atoms with E-state index in [-0.39, 0.29) is 0 Å². The van der Waals surface area contributed by atoms with Crippen molar-refractivity contribution in [3.8, 4) is 11.4 Å².